The van der Waals surface area contributed by atoms with Crippen LogP contribution >= 0.6 is 0 Å². The van der Waals surface area contributed by atoms with Crippen LogP contribution in [0.3, 0.4) is 0 Å². The second-order valence-electron chi connectivity index (χ2n) is 19.3. The molecule has 0 fully saturated rings. The standard InChI is InChI=1S/C48H60B2N4O10Si/c1-28-14-37-31(4)54(50(8)60)39-22-43(42(61-9)20-36(39)46(59)51(37)23-28)63-26-34-18-32(12-13-44(56)57)17-33(19-34)25-62-41-21-38-35(16-30(41)3)45(58)52-24-29(2)15-40(52)47(53(38)49-27-55)64-65(10,11)48(5,6)7/h12-13,16-24,27,31,37,40,47,49,60H,14-15,25-26H2,1-11H3,(H,56,57)/b13-12+/t31-,37-,40-,47-/m0/s1. The largest absolute Gasteiger partial charge is 0.493 e. The molecule has 0 saturated heterocycles. The van der Waals surface area contributed by atoms with Crippen LogP contribution in [0.25, 0.3) is 6.08 Å². The lowest BCUT2D eigenvalue weighted by atomic mass is 9.80. The van der Waals surface area contributed by atoms with Crippen LogP contribution in [-0.4, -0.2) is 98.1 Å². The minimum Gasteiger partial charge on any atom is -0.493 e. The van der Waals surface area contributed by atoms with Crippen molar-refractivity contribution < 1.29 is 47.9 Å². The van der Waals surface area contributed by atoms with Crippen molar-refractivity contribution in [3.63, 3.8) is 0 Å². The normalized spacial score (nSPS) is 20.6. The topological polar surface area (TPSA) is 159 Å². The molecule has 342 valence electrons. The summed E-state index contributed by atoms with van der Waals surface area (Å²) >= 11 is 0. The molecular weight excluding hydrogens is 842 g/mol. The number of fused-ring (bicyclic) bond motifs is 4. The Hall–Kier alpha value is -5.77. The monoisotopic (exact) mass is 902 g/mol. The summed E-state index contributed by atoms with van der Waals surface area (Å²) in [4.78, 5) is 59.6. The van der Waals surface area contributed by atoms with Gasteiger partial charge in [0.2, 0.25) is 0 Å². The molecule has 0 aliphatic carbocycles. The second kappa shape index (κ2) is 18.2. The predicted molar refractivity (Wildman–Crippen MR) is 257 cm³/mol. The fraction of sp³-hybridized carbons (Fsp3) is 0.417. The zero-order valence-electron chi connectivity index (χ0n) is 39.3. The van der Waals surface area contributed by atoms with E-state index >= 15 is 0 Å². The van der Waals surface area contributed by atoms with Gasteiger partial charge in [0, 0.05) is 48.0 Å². The number of nitrogens with zero attached hydrogens (tertiary/aromatic N) is 4. The van der Waals surface area contributed by atoms with Gasteiger partial charge in [0.05, 0.1) is 30.3 Å². The molecule has 65 heavy (non-hydrogen) atoms. The van der Waals surface area contributed by atoms with Crippen LogP contribution in [0.4, 0.5) is 11.4 Å². The highest BCUT2D eigenvalue weighted by molar-refractivity contribution is 6.74. The number of aliphatic carboxylic acids is 1. The van der Waals surface area contributed by atoms with Gasteiger partial charge in [-0.1, -0.05) is 31.9 Å². The Labute approximate surface area is 384 Å². The second-order valence-corrected chi connectivity index (χ2v) is 24.0. The number of rotatable bonds is 14. The van der Waals surface area contributed by atoms with E-state index in [4.69, 9.17) is 18.6 Å². The first-order valence-corrected chi connectivity index (χ1v) is 25.0. The molecule has 2 amide bonds. The summed E-state index contributed by atoms with van der Waals surface area (Å²) in [6.07, 6.45) is 7.88. The van der Waals surface area contributed by atoms with Gasteiger partial charge in [-0.05, 0) is 124 Å². The van der Waals surface area contributed by atoms with E-state index in [1.54, 1.807) is 28.8 Å². The van der Waals surface area contributed by atoms with Crippen LogP contribution in [-0.2, 0) is 27.2 Å². The molecule has 0 saturated carbocycles. The molecule has 2 N–H and O–H groups in total. The number of hydrogen-bond acceptors (Lipinski definition) is 11. The molecule has 3 aromatic carbocycles. The molecule has 7 rings (SSSR count). The molecule has 0 spiro atoms. The third-order valence-electron chi connectivity index (χ3n) is 13.4. The highest BCUT2D eigenvalue weighted by Crippen LogP contribution is 2.45. The SMILES string of the molecule is COc1cc2c(cc1OCc1cc(/C=C/C(=O)O)cc(COc3cc4c(cc3C)C(=O)N3C=C(C)C[C@H]3[C@H](O[Si](C)(C)C(C)(C)C)N4BC=O)c1)N(B(C)O)[C@@H](C)[C@@H]1CC(C)=CN1C2=O. The fourth-order valence-corrected chi connectivity index (χ4v) is 10.4. The van der Waals surface area contributed by atoms with Crippen LogP contribution in [0.5, 0.6) is 17.2 Å². The maximum Gasteiger partial charge on any atom is 0.409 e. The van der Waals surface area contributed by atoms with Crippen molar-refractivity contribution in [2.45, 2.75) is 124 Å². The van der Waals surface area contributed by atoms with Gasteiger partial charge in [-0.3, -0.25) is 9.59 Å². The number of methoxy groups -OCH3 is 1. The third-order valence-corrected chi connectivity index (χ3v) is 17.8. The third kappa shape index (κ3) is 9.36. The lowest BCUT2D eigenvalue weighted by Gasteiger charge is -2.45. The zero-order chi connectivity index (χ0) is 47.3. The summed E-state index contributed by atoms with van der Waals surface area (Å²) in [6.45, 7) is 20.5. The number of anilines is 2. The van der Waals surface area contributed by atoms with Gasteiger partial charge in [-0.2, -0.15) is 0 Å². The molecule has 4 aliphatic rings. The van der Waals surface area contributed by atoms with Crippen molar-refractivity contribution in [1.82, 2.24) is 9.80 Å². The van der Waals surface area contributed by atoms with Gasteiger partial charge in [-0.25, -0.2) is 4.79 Å². The van der Waals surface area contributed by atoms with Crippen LogP contribution in [0, 0.1) is 6.92 Å². The Kier molecular flexibility index (Phi) is 13.2. The minimum atomic E-state index is -2.42. The molecule has 17 heteroatoms. The number of benzene rings is 3. The molecular formula is C48H60B2N4O10Si. The molecule has 4 heterocycles. The summed E-state index contributed by atoms with van der Waals surface area (Å²) in [6, 6.07) is 11.9. The summed E-state index contributed by atoms with van der Waals surface area (Å²) in [7, 11) is -1.83. The number of hydrogen-bond donors (Lipinski definition) is 2. The summed E-state index contributed by atoms with van der Waals surface area (Å²) < 4.78 is 25.8. The van der Waals surface area contributed by atoms with Gasteiger partial charge < -0.3 is 53.0 Å². The quantitative estimate of drug-likeness (QED) is 0.0933. The van der Waals surface area contributed by atoms with Crippen LogP contribution in [0.2, 0.25) is 25.0 Å². The Balaban J connectivity index is 1.21. The molecule has 3 aromatic rings. The molecule has 0 bridgehead atoms. The van der Waals surface area contributed by atoms with Gasteiger partial charge in [0.15, 0.2) is 19.8 Å². The van der Waals surface area contributed by atoms with Crippen molar-refractivity contribution in [2.75, 3.05) is 16.7 Å². The number of carboxylic acid groups (broad SMARTS) is 1. The number of amides is 2. The fourth-order valence-electron chi connectivity index (χ4n) is 9.15. The Morgan fingerprint density at radius 1 is 0.862 bits per heavy atom. The molecule has 0 radical (unpaired) electrons. The van der Waals surface area contributed by atoms with E-state index < -0.39 is 27.6 Å². The van der Waals surface area contributed by atoms with Gasteiger partial charge >= 0.3 is 20.4 Å². The molecule has 14 nitrogen and oxygen atoms in total. The van der Waals surface area contributed by atoms with Gasteiger partial charge in [0.25, 0.3) is 11.8 Å². The first-order chi connectivity index (χ1) is 30.6. The van der Waals surface area contributed by atoms with E-state index in [0.29, 0.717) is 69.3 Å². The number of carboxylic acids is 1. The van der Waals surface area contributed by atoms with Crippen molar-refractivity contribution in [1.29, 1.82) is 0 Å². The number of carbonyl (C=O) groups excluding carboxylic acids is 3. The molecule has 0 aromatic heterocycles. The van der Waals surface area contributed by atoms with Gasteiger partial charge in [0.1, 0.15) is 31.4 Å². The number of aryl methyl sites for hydroxylation is 1. The van der Waals surface area contributed by atoms with E-state index in [9.17, 15) is 29.3 Å². The lowest BCUT2D eigenvalue weighted by Crippen LogP contribution is -2.57. The van der Waals surface area contributed by atoms with Gasteiger partial charge in [-0.15, -0.1) is 0 Å². The molecule has 4 aliphatic heterocycles. The van der Waals surface area contributed by atoms with Crippen LogP contribution in [0.15, 0.2) is 72.1 Å². The molecule has 4 atom stereocenters. The number of carbonyl (C=O) groups is 4. The molecule has 0 unspecified atom stereocenters. The Morgan fingerprint density at radius 2 is 1.43 bits per heavy atom. The average molecular weight is 903 g/mol. The zero-order valence-corrected chi connectivity index (χ0v) is 40.3. The van der Waals surface area contributed by atoms with E-state index in [2.05, 4.69) is 33.9 Å². The van der Waals surface area contributed by atoms with Crippen molar-refractivity contribution in [3.8, 4) is 17.2 Å². The maximum atomic E-state index is 14.3. The van der Waals surface area contributed by atoms with E-state index in [0.717, 1.165) is 29.0 Å². The highest BCUT2D eigenvalue weighted by atomic mass is 28.4. The van der Waals surface area contributed by atoms with Crippen molar-refractivity contribution in [3.05, 3.63) is 105 Å². The summed E-state index contributed by atoms with van der Waals surface area (Å²) in [5.41, 5.74) is 6.77. The van der Waals surface area contributed by atoms with Crippen molar-refractivity contribution in [2.24, 2.45) is 0 Å². The number of ether oxygens (including phenoxy) is 3. The van der Waals surface area contributed by atoms with E-state index in [-0.39, 0.29) is 55.6 Å². The van der Waals surface area contributed by atoms with Crippen LogP contribution in [0.1, 0.15) is 97.4 Å². The Morgan fingerprint density at radius 3 is 2.00 bits per heavy atom. The summed E-state index contributed by atoms with van der Waals surface area (Å²) in [5.74, 6) is -0.272. The van der Waals surface area contributed by atoms with Crippen molar-refractivity contribution >= 4 is 64.2 Å². The van der Waals surface area contributed by atoms with Crippen LogP contribution < -0.4 is 23.8 Å². The first kappa shape index (κ1) is 47.2. The first-order valence-electron chi connectivity index (χ1n) is 22.1. The van der Waals surface area contributed by atoms with E-state index in [1.807, 2.05) is 80.0 Å². The smallest absolute Gasteiger partial charge is 0.409 e. The average Bonchev–Trinajstić information content (AvgIpc) is 3.80. The highest BCUT2D eigenvalue weighted by Gasteiger charge is 2.48. The predicted octanol–water partition coefficient (Wildman–Crippen LogP) is 7.52. The Bertz CT molecular complexity index is 2500. The maximum absolute atomic E-state index is 14.3. The summed E-state index contributed by atoms with van der Waals surface area (Å²) in [5, 5.41) is 20.4. The lowest BCUT2D eigenvalue weighted by molar-refractivity contribution is -0.131. The van der Waals surface area contributed by atoms with E-state index in [1.165, 1.54) is 13.2 Å². The minimum absolute atomic E-state index is 0.00414.